The van der Waals surface area contributed by atoms with Crippen molar-refractivity contribution in [3.8, 4) is 17.2 Å². The first-order valence-corrected chi connectivity index (χ1v) is 17.1. The van der Waals surface area contributed by atoms with Crippen LogP contribution in [-0.4, -0.2) is 65.1 Å². The number of methoxy groups -OCH3 is 3. The Labute approximate surface area is 284 Å². The topological polar surface area (TPSA) is 114 Å². The summed E-state index contributed by atoms with van der Waals surface area (Å²) in [5.41, 5.74) is 0.542. The zero-order chi connectivity index (χ0) is 33.6. The Morgan fingerprint density at radius 3 is 2.11 bits per heavy atom. The van der Waals surface area contributed by atoms with E-state index >= 15 is 0 Å². The number of hydrogen-bond donors (Lipinski definition) is 1. The molecule has 46 heavy (non-hydrogen) atoms. The summed E-state index contributed by atoms with van der Waals surface area (Å²) in [5.74, 6) is -0.395. The lowest BCUT2D eigenvalue weighted by atomic mass is 10.1. The average Bonchev–Trinajstić information content (AvgIpc) is 3.55. The van der Waals surface area contributed by atoms with Crippen molar-refractivity contribution in [3.05, 3.63) is 75.2 Å². The van der Waals surface area contributed by atoms with Crippen LogP contribution < -0.4 is 23.8 Å². The van der Waals surface area contributed by atoms with Crippen LogP contribution in [0.3, 0.4) is 0 Å². The average molecular weight is 713 g/mol. The minimum absolute atomic E-state index is 0.00340. The highest BCUT2D eigenvalue weighted by Crippen LogP contribution is 2.37. The Hall–Kier alpha value is -3.38. The molecule has 0 unspecified atom stereocenters. The quantitative estimate of drug-likeness (QED) is 0.220. The molecule has 0 bridgehead atoms. The standard InChI is InChI=1S/C32H36Cl3N3O7S/c1-20(32(40)36-24-7-5-6-8-24)37(18-21-9-10-22(33)15-26(21)35)31(39)19-38(27-16-23(34)11-13-28(27)43-2)46(41,42)25-12-14-29(44-3)30(17-25)45-4/h9-17,20,24H,5-8,18-19H2,1-4H3,(H,36,40)/t20-/m0/s1. The van der Waals surface area contributed by atoms with Gasteiger partial charge in [-0.05, 0) is 67.8 Å². The van der Waals surface area contributed by atoms with Gasteiger partial charge >= 0.3 is 0 Å². The molecule has 3 aromatic carbocycles. The van der Waals surface area contributed by atoms with Gasteiger partial charge in [0.1, 0.15) is 18.3 Å². The predicted octanol–water partition coefficient (Wildman–Crippen LogP) is 6.34. The molecule has 0 radical (unpaired) electrons. The Kier molecular flexibility index (Phi) is 11.9. The molecule has 2 amide bonds. The summed E-state index contributed by atoms with van der Waals surface area (Å²) < 4.78 is 45.7. The first-order valence-electron chi connectivity index (χ1n) is 14.5. The van der Waals surface area contributed by atoms with Crippen molar-refractivity contribution < 1.29 is 32.2 Å². The van der Waals surface area contributed by atoms with E-state index in [9.17, 15) is 18.0 Å². The molecule has 1 aliphatic rings. The van der Waals surface area contributed by atoms with Crippen molar-refractivity contribution in [3.63, 3.8) is 0 Å². The van der Waals surface area contributed by atoms with E-state index in [1.54, 1.807) is 19.1 Å². The van der Waals surface area contributed by atoms with Crippen LogP contribution in [0.4, 0.5) is 5.69 Å². The van der Waals surface area contributed by atoms with Crippen molar-refractivity contribution >= 4 is 62.3 Å². The van der Waals surface area contributed by atoms with Crippen molar-refractivity contribution in [2.45, 2.75) is 56.1 Å². The van der Waals surface area contributed by atoms with Crippen LogP contribution in [-0.2, 0) is 26.2 Å². The summed E-state index contributed by atoms with van der Waals surface area (Å²) in [4.78, 5) is 28.9. The molecular formula is C32H36Cl3N3O7S. The number of sulfonamides is 1. The highest BCUT2D eigenvalue weighted by atomic mass is 35.5. The molecule has 248 valence electrons. The molecule has 10 nitrogen and oxygen atoms in total. The number of rotatable bonds is 13. The monoisotopic (exact) mass is 711 g/mol. The highest BCUT2D eigenvalue weighted by molar-refractivity contribution is 7.92. The summed E-state index contributed by atoms with van der Waals surface area (Å²) in [7, 11) is -0.286. The third-order valence-corrected chi connectivity index (χ3v) is 10.4. The summed E-state index contributed by atoms with van der Waals surface area (Å²) in [6.07, 6.45) is 3.71. The van der Waals surface area contributed by atoms with Gasteiger partial charge in [-0.1, -0.05) is 53.7 Å². The van der Waals surface area contributed by atoms with Crippen molar-refractivity contribution in [2.75, 3.05) is 32.2 Å². The van der Waals surface area contributed by atoms with Gasteiger partial charge in [0.25, 0.3) is 10.0 Å². The largest absolute Gasteiger partial charge is 0.495 e. The van der Waals surface area contributed by atoms with Crippen LogP contribution in [0.25, 0.3) is 0 Å². The maximum Gasteiger partial charge on any atom is 0.265 e. The van der Waals surface area contributed by atoms with Gasteiger partial charge in [0, 0.05) is 33.7 Å². The number of benzene rings is 3. The lowest BCUT2D eigenvalue weighted by Gasteiger charge is -2.33. The second-order valence-corrected chi connectivity index (χ2v) is 13.9. The smallest absolute Gasteiger partial charge is 0.265 e. The van der Waals surface area contributed by atoms with Gasteiger partial charge in [0.2, 0.25) is 11.8 Å². The maximum atomic E-state index is 14.4. The molecule has 1 aliphatic carbocycles. The number of nitrogens with zero attached hydrogens (tertiary/aromatic N) is 2. The van der Waals surface area contributed by atoms with Gasteiger partial charge in [-0.25, -0.2) is 8.42 Å². The summed E-state index contributed by atoms with van der Waals surface area (Å²) >= 11 is 18.9. The first kappa shape index (κ1) is 35.5. The second kappa shape index (κ2) is 15.5. The van der Waals surface area contributed by atoms with E-state index in [2.05, 4.69) is 5.32 Å². The molecule has 3 aromatic rings. The van der Waals surface area contributed by atoms with E-state index in [1.807, 2.05) is 0 Å². The molecule has 0 spiro atoms. The zero-order valence-electron chi connectivity index (χ0n) is 25.9. The summed E-state index contributed by atoms with van der Waals surface area (Å²) in [6.45, 7) is 0.795. The summed E-state index contributed by atoms with van der Waals surface area (Å²) in [6, 6.07) is 12.4. The lowest BCUT2D eigenvalue weighted by Crippen LogP contribution is -2.52. The molecular weight excluding hydrogens is 677 g/mol. The van der Waals surface area contributed by atoms with Crippen LogP contribution in [0.2, 0.25) is 15.1 Å². The molecule has 1 N–H and O–H groups in total. The normalized spacial score (nSPS) is 14.0. The molecule has 0 saturated heterocycles. The SMILES string of the molecule is COc1ccc(S(=O)(=O)N(CC(=O)N(Cc2ccc(Cl)cc2Cl)[C@@H](C)C(=O)NC2CCCC2)c2cc(Cl)ccc2OC)cc1OC. The number of nitrogens with one attached hydrogen (secondary N) is 1. The van der Waals surface area contributed by atoms with E-state index in [0.717, 1.165) is 30.0 Å². The van der Waals surface area contributed by atoms with E-state index in [0.29, 0.717) is 21.4 Å². The van der Waals surface area contributed by atoms with Gasteiger partial charge in [0.05, 0.1) is 31.9 Å². The third kappa shape index (κ3) is 8.12. The molecule has 1 atom stereocenters. The van der Waals surface area contributed by atoms with Crippen molar-refractivity contribution in [1.29, 1.82) is 0 Å². The molecule has 0 aliphatic heterocycles. The molecule has 1 saturated carbocycles. The van der Waals surface area contributed by atoms with Crippen LogP contribution in [0.5, 0.6) is 17.2 Å². The number of carbonyl (C=O) groups is 2. The lowest BCUT2D eigenvalue weighted by molar-refractivity contribution is -0.139. The number of halogens is 3. The molecule has 4 rings (SSSR count). The van der Waals surface area contributed by atoms with Gasteiger partial charge in [-0.2, -0.15) is 0 Å². The number of anilines is 1. The Morgan fingerprint density at radius 1 is 0.870 bits per heavy atom. The minimum Gasteiger partial charge on any atom is -0.495 e. The van der Waals surface area contributed by atoms with Crippen LogP contribution in [0.15, 0.2) is 59.5 Å². The third-order valence-electron chi connectivity index (χ3n) is 7.86. The molecule has 0 aromatic heterocycles. The van der Waals surface area contributed by atoms with E-state index in [1.165, 1.54) is 68.7 Å². The molecule has 0 heterocycles. The van der Waals surface area contributed by atoms with E-state index in [4.69, 9.17) is 49.0 Å². The Morgan fingerprint density at radius 2 is 1.48 bits per heavy atom. The Bertz CT molecular complexity index is 1680. The molecule has 14 heteroatoms. The van der Waals surface area contributed by atoms with Crippen molar-refractivity contribution in [2.24, 2.45) is 0 Å². The number of ether oxygens (including phenoxy) is 3. The summed E-state index contributed by atoms with van der Waals surface area (Å²) in [5, 5.41) is 3.94. The first-order chi connectivity index (χ1) is 21.9. The van der Waals surface area contributed by atoms with Gasteiger partial charge in [-0.15, -0.1) is 0 Å². The molecule has 1 fully saturated rings. The van der Waals surface area contributed by atoms with E-state index in [-0.39, 0.29) is 45.6 Å². The minimum atomic E-state index is -4.47. The second-order valence-electron chi connectivity index (χ2n) is 10.8. The van der Waals surface area contributed by atoms with Gasteiger partial charge < -0.3 is 24.4 Å². The highest BCUT2D eigenvalue weighted by Gasteiger charge is 2.35. The van der Waals surface area contributed by atoms with Crippen molar-refractivity contribution in [1.82, 2.24) is 10.2 Å². The maximum absolute atomic E-state index is 14.4. The van der Waals surface area contributed by atoms with Gasteiger partial charge in [-0.3, -0.25) is 13.9 Å². The van der Waals surface area contributed by atoms with E-state index < -0.39 is 28.5 Å². The van der Waals surface area contributed by atoms with Gasteiger partial charge in [0.15, 0.2) is 11.5 Å². The number of carbonyl (C=O) groups excluding carboxylic acids is 2. The number of amides is 2. The fourth-order valence-corrected chi connectivity index (χ4v) is 7.35. The fraction of sp³-hybridized carbons (Fsp3) is 0.375. The van der Waals surface area contributed by atoms with Crippen LogP contribution in [0.1, 0.15) is 38.2 Å². The van der Waals surface area contributed by atoms with Crippen LogP contribution >= 0.6 is 34.8 Å². The zero-order valence-corrected chi connectivity index (χ0v) is 29.0. The Balaban J connectivity index is 1.79. The number of hydrogen-bond acceptors (Lipinski definition) is 7. The van der Waals surface area contributed by atoms with Crippen LogP contribution in [0, 0.1) is 0 Å². The fourth-order valence-electron chi connectivity index (χ4n) is 5.28. The predicted molar refractivity (Wildman–Crippen MR) is 179 cm³/mol.